The zero-order valence-corrected chi connectivity index (χ0v) is 15.1. The average molecular weight is 373 g/mol. The Labute approximate surface area is 157 Å². The molecule has 1 aliphatic heterocycles. The summed E-state index contributed by atoms with van der Waals surface area (Å²) in [5, 5.41) is 9.35. The number of hydrogen-bond donors (Lipinski definition) is 3. The van der Waals surface area contributed by atoms with Crippen molar-refractivity contribution in [2.45, 2.75) is 19.3 Å². The maximum Gasteiger partial charge on any atom is 0.258 e. The van der Waals surface area contributed by atoms with E-state index in [1.54, 1.807) is 36.4 Å². The molecular weight excluding hydrogens is 352 g/mol. The highest BCUT2D eigenvalue weighted by atomic mass is 35.5. The topological polar surface area (TPSA) is 83.1 Å². The monoisotopic (exact) mass is 372 g/mol. The summed E-state index contributed by atoms with van der Waals surface area (Å²) in [5.74, 6) is 0.530. The number of carbonyl (C=O) groups is 2. The van der Waals surface area contributed by atoms with Crippen LogP contribution in [0, 0.1) is 5.92 Å². The summed E-state index contributed by atoms with van der Waals surface area (Å²) in [4.78, 5) is 28.8. The van der Waals surface area contributed by atoms with E-state index < -0.39 is 0 Å². The van der Waals surface area contributed by atoms with Crippen molar-refractivity contribution in [2.75, 3.05) is 23.7 Å². The largest absolute Gasteiger partial charge is 0.325 e. The van der Waals surface area contributed by atoms with Crippen LogP contribution in [0.4, 0.5) is 11.5 Å². The van der Waals surface area contributed by atoms with Crippen LogP contribution in [-0.2, 0) is 4.79 Å². The number of para-hydroxylation sites is 1. The Bertz CT molecular complexity index is 773. The van der Waals surface area contributed by atoms with Gasteiger partial charge in [0.2, 0.25) is 5.91 Å². The third-order valence-corrected chi connectivity index (χ3v) is 4.58. The molecule has 3 rings (SSSR count). The van der Waals surface area contributed by atoms with Crippen LogP contribution in [0.1, 0.15) is 29.6 Å². The molecule has 26 heavy (non-hydrogen) atoms. The molecular formula is C19H21ClN4O2. The van der Waals surface area contributed by atoms with Gasteiger partial charge in [-0.05, 0) is 56.1 Å². The van der Waals surface area contributed by atoms with Crippen LogP contribution in [0.5, 0.6) is 0 Å². The fourth-order valence-electron chi connectivity index (χ4n) is 2.93. The van der Waals surface area contributed by atoms with E-state index >= 15 is 0 Å². The molecule has 2 heterocycles. The summed E-state index contributed by atoms with van der Waals surface area (Å²) in [6.07, 6.45) is 3.87. The number of carbonyl (C=O) groups excluding carboxylic acids is 2. The van der Waals surface area contributed by atoms with Crippen LogP contribution in [0.3, 0.4) is 0 Å². The Hall–Kier alpha value is -2.44. The normalized spacial score (nSPS) is 16.3. The van der Waals surface area contributed by atoms with Crippen LogP contribution in [0.25, 0.3) is 0 Å². The summed E-state index contributed by atoms with van der Waals surface area (Å²) in [7, 11) is 0. The van der Waals surface area contributed by atoms with Crippen molar-refractivity contribution < 1.29 is 9.59 Å². The Kier molecular flexibility index (Phi) is 6.20. The number of hydrogen-bond acceptors (Lipinski definition) is 4. The van der Waals surface area contributed by atoms with E-state index in [1.807, 2.05) is 0 Å². The summed E-state index contributed by atoms with van der Waals surface area (Å²) in [6, 6.07) is 10.2. The van der Waals surface area contributed by atoms with Gasteiger partial charge in [0.05, 0.1) is 16.3 Å². The summed E-state index contributed by atoms with van der Waals surface area (Å²) < 4.78 is 0. The Morgan fingerprint density at radius 3 is 2.77 bits per heavy atom. The van der Waals surface area contributed by atoms with E-state index in [-0.39, 0.29) is 11.8 Å². The molecule has 136 valence electrons. The molecule has 0 aliphatic carbocycles. The van der Waals surface area contributed by atoms with Crippen LogP contribution in [0.15, 0.2) is 42.6 Å². The number of halogens is 1. The molecule has 1 atom stereocenters. The molecule has 7 heteroatoms. The lowest BCUT2D eigenvalue weighted by atomic mass is 10.0. The molecule has 1 fully saturated rings. The van der Waals surface area contributed by atoms with E-state index in [1.165, 1.54) is 6.20 Å². The lowest BCUT2D eigenvalue weighted by Crippen LogP contribution is -2.19. The summed E-state index contributed by atoms with van der Waals surface area (Å²) in [6.45, 7) is 1.99. The number of aromatic nitrogens is 1. The zero-order valence-electron chi connectivity index (χ0n) is 14.3. The molecule has 1 saturated heterocycles. The number of rotatable bonds is 6. The highest BCUT2D eigenvalue weighted by Gasteiger charge is 2.17. The van der Waals surface area contributed by atoms with Crippen molar-refractivity contribution in [3.8, 4) is 0 Å². The van der Waals surface area contributed by atoms with Crippen LogP contribution < -0.4 is 16.0 Å². The fourth-order valence-corrected chi connectivity index (χ4v) is 3.04. The van der Waals surface area contributed by atoms with E-state index in [9.17, 15) is 9.59 Å². The second-order valence-corrected chi connectivity index (χ2v) is 6.74. The van der Waals surface area contributed by atoms with E-state index in [0.717, 1.165) is 25.9 Å². The Morgan fingerprint density at radius 2 is 2.04 bits per heavy atom. The van der Waals surface area contributed by atoms with Gasteiger partial charge in [-0.15, -0.1) is 0 Å². The predicted octanol–water partition coefficient (Wildman–Crippen LogP) is 3.32. The number of nitrogens with zero attached hydrogens (tertiary/aromatic N) is 1. The van der Waals surface area contributed by atoms with E-state index in [0.29, 0.717) is 34.4 Å². The first-order chi connectivity index (χ1) is 12.6. The van der Waals surface area contributed by atoms with Crippen molar-refractivity contribution in [2.24, 2.45) is 5.92 Å². The third-order valence-electron chi connectivity index (χ3n) is 4.36. The smallest absolute Gasteiger partial charge is 0.258 e. The SMILES string of the molecule is O=C(CCC1CCNC1)Nc1ccccc1C(=O)Nc1ccc(Cl)cn1. The van der Waals surface area contributed by atoms with Crippen molar-refractivity contribution >= 4 is 34.9 Å². The Morgan fingerprint density at radius 1 is 1.19 bits per heavy atom. The van der Waals surface area contributed by atoms with Crippen LogP contribution >= 0.6 is 11.6 Å². The Balaban J connectivity index is 1.62. The van der Waals surface area contributed by atoms with Crippen molar-refractivity contribution in [3.63, 3.8) is 0 Å². The van der Waals surface area contributed by atoms with Gasteiger partial charge in [0.1, 0.15) is 5.82 Å². The van der Waals surface area contributed by atoms with E-state index in [4.69, 9.17) is 11.6 Å². The molecule has 3 N–H and O–H groups in total. The molecule has 6 nitrogen and oxygen atoms in total. The van der Waals surface area contributed by atoms with Gasteiger partial charge in [0.25, 0.3) is 5.91 Å². The molecule has 0 spiro atoms. The summed E-state index contributed by atoms with van der Waals surface area (Å²) in [5.41, 5.74) is 0.883. The molecule has 0 saturated carbocycles. The van der Waals surface area contributed by atoms with Crippen molar-refractivity contribution in [3.05, 3.63) is 53.2 Å². The van der Waals surface area contributed by atoms with Gasteiger partial charge in [-0.3, -0.25) is 9.59 Å². The third kappa shape index (κ3) is 5.03. The molecule has 2 aromatic rings. The first-order valence-electron chi connectivity index (χ1n) is 8.64. The van der Waals surface area contributed by atoms with Crippen LogP contribution in [-0.4, -0.2) is 29.9 Å². The highest BCUT2D eigenvalue weighted by Crippen LogP contribution is 2.19. The molecule has 1 aromatic carbocycles. The molecule has 0 bridgehead atoms. The standard InChI is InChI=1S/C19H21ClN4O2/c20-14-6-7-17(22-12-14)24-19(26)15-3-1-2-4-16(15)23-18(25)8-5-13-9-10-21-11-13/h1-4,6-7,12-13,21H,5,8-11H2,(H,23,25)(H,22,24,26). The quantitative estimate of drug-likeness (QED) is 0.726. The number of pyridine rings is 1. The van der Waals surface area contributed by atoms with Gasteiger partial charge >= 0.3 is 0 Å². The van der Waals surface area contributed by atoms with Gasteiger partial charge in [0, 0.05) is 12.6 Å². The van der Waals surface area contributed by atoms with Gasteiger partial charge in [0.15, 0.2) is 0 Å². The summed E-state index contributed by atoms with van der Waals surface area (Å²) >= 11 is 5.80. The first kappa shape index (κ1) is 18.4. The van der Waals surface area contributed by atoms with E-state index in [2.05, 4.69) is 20.9 Å². The second-order valence-electron chi connectivity index (χ2n) is 6.31. The number of benzene rings is 1. The zero-order chi connectivity index (χ0) is 18.4. The number of amides is 2. The van der Waals surface area contributed by atoms with Gasteiger partial charge in [-0.25, -0.2) is 4.98 Å². The minimum Gasteiger partial charge on any atom is -0.325 e. The minimum absolute atomic E-state index is 0.0817. The maximum atomic E-state index is 12.5. The van der Waals surface area contributed by atoms with Crippen molar-refractivity contribution in [1.82, 2.24) is 10.3 Å². The minimum atomic E-state index is -0.337. The average Bonchev–Trinajstić information content (AvgIpc) is 3.16. The maximum absolute atomic E-state index is 12.5. The molecule has 0 radical (unpaired) electrons. The van der Waals surface area contributed by atoms with Crippen LogP contribution in [0.2, 0.25) is 5.02 Å². The fraction of sp³-hybridized carbons (Fsp3) is 0.316. The molecule has 1 unspecified atom stereocenters. The lowest BCUT2D eigenvalue weighted by molar-refractivity contribution is -0.116. The van der Waals surface area contributed by atoms with Gasteiger partial charge in [-0.2, -0.15) is 0 Å². The number of anilines is 2. The second kappa shape index (κ2) is 8.78. The predicted molar refractivity (Wildman–Crippen MR) is 102 cm³/mol. The highest BCUT2D eigenvalue weighted by molar-refractivity contribution is 6.30. The molecule has 1 aliphatic rings. The van der Waals surface area contributed by atoms with Gasteiger partial charge in [-0.1, -0.05) is 23.7 Å². The first-order valence-corrected chi connectivity index (χ1v) is 9.02. The lowest BCUT2D eigenvalue weighted by Gasteiger charge is -2.12. The number of nitrogens with one attached hydrogen (secondary N) is 3. The molecule has 1 aromatic heterocycles. The molecule has 2 amide bonds. The van der Waals surface area contributed by atoms with Gasteiger partial charge < -0.3 is 16.0 Å². The van der Waals surface area contributed by atoms with Crippen molar-refractivity contribution in [1.29, 1.82) is 0 Å².